The number of nitrogens with one attached hydrogen (secondary N) is 2. The molecule has 1 saturated heterocycles. The van der Waals surface area contributed by atoms with E-state index in [1.807, 2.05) is 7.05 Å². The van der Waals surface area contributed by atoms with Crippen molar-refractivity contribution < 1.29 is 4.74 Å². The van der Waals surface area contributed by atoms with Gasteiger partial charge in [-0.3, -0.25) is 9.89 Å². The maximum atomic E-state index is 5.53. The summed E-state index contributed by atoms with van der Waals surface area (Å²) in [5.74, 6) is 0.889. The summed E-state index contributed by atoms with van der Waals surface area (Å²) in [7, 11) is 1.84. The van der Waals surface area contributed by atoms with Crippen LogP contribution in [-0.2, 0) is 17.8 Å². The van der Waals surface area contributed by atoms with E-state index in [0.717, 1.165) is 45.2 Å². The Morgan fingerprint density at radius 1 is 1.07 bits per heavy atom. The van der Waals surface area contributed by atoms with E-state index in [0.29, 0.717) is 5.41 Å². The lowest BCUT2D eigenvalue weighted by atomic mass is 10.0. The van der Waals surface area contributed by atoms with Crippen LogP contribution in [0.1, 0.15) is 56.6 Å². The Kier molecular flexibility index (Phi) is 10.7. The summed E-state index contributed by atoms with van der Waals surface area (Å²) >= 11 is 0. The van der Waals surface area contributed by atoms with E-state index in [1.54, 1.807) is 0 Å². The predicted octanol–water partition coefficient (Wildman–Crippen LogP) is 4.16. The van der Waals surface area contributed by atoms with Crippen molar-refractivity contribution in [3.8, 4) is 0 Å². The molecule has 1 heterocycles. The van der Waals surface area contributed by atoms with E-state index in [-0.39, 0.29) is 24.0 Å². The molecular formula is C23H39IN4O. The van der Waals surface area contributed by atoms with Crippen molar-refractivity contribution >= 4 is 29.9 Å². The fraction of sp³-hybridized carbons (Fsp3) is 0.696. The van der Waals surface area contributed by atoms with Crippen molar-refractivity contribution in [1.29, 1.82) is 0 Å². The summed E-state index contributed by atoms with van der Waals surface area (Å²) in [6.45, 7) is 9.10. The molecule has 1 saturated carbocycles. The van der Waals surface area contributed by atoms with Gasteiger partial charge in [-0.25, -0.2) is 0 Å². The molecular weight excluding hydrogens is 475 g/mol. The SMILES string of the molecule is CCOCCC1(CNC(=NC)NCc2ccc(CN3CCCCC3)cc2)CC1.I. The summed E-state index contributed by atoms with van der Waals surface area (Å²) in [4.78, 5) is 6.95. The zero-order valence-electron chi connectivity index (χ0n) is 18.2. The summed E-state index contributed by atoms with van der Waals surface area (Å²) in [5.41, 5.74) is 3.13. The highest BCUT2D eigenvalue weighted by Crippen LogP contribution is 2.48. The molecule has 164 valence electrons. The van der Waals surface area contributed by atoms with E-state index in [9.17, 15) is 0 Å². The number of likely N-dealkylation sites (tertiary alicyclic amines) is 1. The lowest BCUT2D eigenvalue weighted by Crippen LogP contribution is -2.40. The molecule has 2 fully saturated rings. The molecule has 3 rings (SSSR count). The predicted molar refractivity (Wildman–Crippen MR) is 132 cm³/mol. The molecule has 1 aliphatic heterocycles. The number of hydrogen-bond acceptors (Lipinski definition) is 3. The van der Waals surface area contributed by atoms with Gasteiger partial charge in [-0.2, -0.15) is 0 Å². The quantitative estimate of drug-likeness (QED) is 0.213. The molecule has 0 spiro atoms. The molecule has 0 aromatic heterocycles. The number of rotatable bonds is 10. The standard InChI is InChI=1S/C23H38N4O.HI/c1-3-28-16-13-23(11-12-23)19-26-22(24-2)25-17-20-7-9-21(10-8-20)18-27-14-5-4-6-15-27;/h7-10H,3-6,11-19H2,1-2H3,(H2,24,25,26);1H. The Labute approximate surface area is 194 Å². The smallest absolute Gasteiger partial charge is 0.191 e. The third kappa shape index (κ3) is 8.42. The fourth-order valence-corrected chi connectivity index (χ4v) is 3.94. The summed E-state index contributed by atoms with van der Waals surface area (Å²) in [6, 6.07) is 9.03. The van der Waals surface area contributed by atoms with Gasteiger partial charge < -0.3 is 15.4 Å². The first-order valence-corrected chi connectivity index (χ1v) is 11.1. The number of benzene rings is 1. The Morgan fingerprint density at radius 2 is 1.76 bits per heavy atom. The minimum Gasteiger partial charge on any atom is -0.382 e. The fourth-order valence-electron chi connectivity index (χ4n) is 3.94. The molecule has 6 heteroatoms. The van der Waals surface area contributed by atoms with Gasteiger partial charge in [-0.1, -0.05) is 30.7 Å². The zero-order chi connectivity index (χ0) is 19.7. The first kappa shape index (κ1) is 24.4. The van der Waals surface area contributed by atoms with Gasteiger partial charge in [-0.15, -0.1) is 24.0 Å². The second-order valence-corrected chi connectivity index (χ2v) is 8.38. The van der Waals surface area contributed by atoms with Crippen LogP contribution in [0.5, 0.6) is 0 Å². The molecule has 0 bridgehead atoms. The molecule has 29 heavy (non-hydrogen) atoms. The van der Waals surface area contributed by atoms with E-state index in [4.69, 9.17) is 4.74 Å². The Balaban J connectivity index is 0.00000300. The molecule has 0 amide bonds. The number of piperidine rings is 1. The van der Waals surface area contributed by atoms with E-state index in [2.05, 4.69) is 51.7 Å². The van der Waals surface area contributed by atoms with E-state index in [1.165, 1.54) is 56.3 Å². The van der Waals surface area contributed by atoms with Gasteiger partial charge >= 0.3 is 0 Å². The van der Waals surface area contributed by atoms with Gasteiger partial charge in [0, 0.05) is 39.9 Å². The number of ether oxygens (including phenoxy) is 1. The van der Waals surface area contributed by atoms with Gasteiger partial charge in [0.2, 0.25) is 0 Å². The second-order valence-electron chi connectivity index (χ2n) is 8.38. The van der Waals surface area contributed by atoms with Gasteiger partial charge in [0.1, 0.15) is 0 Å². The molecule has 0 unspecified atom stereocenters. The van der Waals surface area contributed by atoms with Crippen molar-refractivity contribution in [2.75, 3.05) is 39.9 Å². The van der Waals surface area contributed by atoms with Crippen LogP contribution in [0.2, 0.25) is 0 Å². The van der Waals surface area contributed by atoms with Crippen molar-refractivity contribution in [1.82, 2.24) is 15.5 Å². The monoisotopic (exact) mass is 514 g/mol. The number of nitrogens with zero attached hydrogens (tertiary/aromatic N) is 2. The van der Waals surface area contributed by atoms with Crippen LogP contribution in [0.3, 0.4) is 0 Å². The second kappa shape index (κ2) is 12.7. The highest BCUT2D eigenvalue weighted by atomic mass is 127. The van der Waals surface area contributed by atoms with E-state index < -0.39 is 0 Å². The summed E-state index contributed by atoms with van der Waals surface area (Å²) < 4.78 is 5.53. The number of halogens is 1. The zero-order valence-corrected chi connectivity index (χ0v) is 20.5. The Morgan fingerprint density at radius 3 is 2.38 bits per heavy atom. The van der Waals surface area contributed by atoms with Crippen LogP contribution in [0.25, 0.3) is 0 Å². The normalized spacial score (nSPS) is 18.8. The number of hydrogen-bond donors (Lipinski definition) is 2. The topological polar surface area (TPSA) is 48.9 Å². The van der Waals surface area contributed by atoms with Crippen molar-refractivity contribution in [2.24, 2.45) is 10.4 Å². The minimum absolute atomic E-state index is 0. The van der Waals surface area contributed by atoms with Crippen LogP contribution < -0.4 is 10.6 Å². The molecule has 0 radical (unpaired) electrons. The maximum Gasteiger partial charge on any atom is 0.191 e. The molecule has 0 atom stereocenters. The van der Waals surface area contributed by atoms with Gasteiger partial charge in [0.05, 0.1) is 0 Å². The number of aliphatic imine (C=N–C) groups is 1. The molecule has 2 N–H and O–H groups in total. The van der Waals surface area contributed by atoms with Crippen LogP contribution >= 0.6 is 24.0 Å². The average molecular weight is 514 g/mol. The third-order valence-electron chi connectivity index (χ3n) is 6.13. The van der Waals surface area contributed by atoms with Crippen LogP contribution in [-0.4, -0.2) is 50.8 Å². The molecule has 1 aromatic carbocycles. The van der Waals surface area contributed by atoms with E-state index >= 15 is 0 Å². The molecule has 1 aromatic rings. The largest absolute Gasteiger partial charge is 0.382 e. The summed E-state index contributed by atoms with van der Waals surface area (Å²) in [6.07, 6.45) is 7.82. The number of guanidine groups is 1. The first-order valence-electron chi connectivity index (χ1n) is 11.1. The highest BCUT2D eigenvalue weighted by Gasteiger charge is 2.41. The third-order valence-corrected chi connectivity index (χ3v) is 6.13. The lowest BCUT2D eigenvalue weighted by molar-refractivity contribution is 0.128. The van der Waals surface area contributed by atoms with Crippen molar-refractivity contribution in [2.45, 2.75) is 58.5 Å². The maximum absolute atomic E-state index is 5.53. The first-order chi connectivity index (χ1) is 13.7. The van der Waals surface area contributed by atoms with Crippen molar-refractivity contribution in [3.05, 3.63) is 35.4 Å². The Bertz CT molecular complexity index is 610. The lowest BCUT2D eigenvalue weighted by Gasteiger charge is -2.26. The molecule has 2 aliphatic rings. The van der Waals surface area contributed by atoms with Crippen molar-refractivity contribution in [3.63, 3.8) is 0 Å². The average Bonchev–Trinajstić information content (AvgIpc) is 3.50. The van der Waals surface area contributed by atoms with Gasteiger partial charge in [0.25, 0.3) is 0 Å². The molecule has 1 aliphatic carbocycles. The van der Waals surface area contributed by atoms with Crippen LogP contribution in [0.4, 0.5) is 0 Å². The molecule has 5 nitrogen and oxygen atoms in total. The summed E-state index contributed by atoms with van der Waals surface area (Å²) in [5, 5.41) is 6.96. The van der Waals surface area contributed by atoms with Crippen LogP contribution in [0, 0.1) is 5.41 Å². The highest BCUT2D eigenvalue weighted by molar-refractivity contribution is 14.0. The van der Waals surface area contributed by atoms with Gasteiger partial charge in [0.15, 0.2) is 5.96 Å². The Hall–Kier alpha value is -0.860. The van der Waals surface area contributed by atoms with Crippen LogP contribution in [0.15, 0.2) is 29.3 Å². The van der Waals surface area contributed by atoms with Gasteiger partial charge in [-0.05, 0) is 68.7 Å². The minimum atomic E-state index is 0.